The summed E-state index contributed by atoms with van der Waals surface area (Å²) in [5.41, 5.74) is 1.58. The van der Waals surface area contributed by atoms with E-state index >= 15 is 0 Å². The van der Waals surface area contributed by atoms with Crippen molar-refractivity contribution >= 4 is 5.91 Å². The summed E-state index contributed by atoms with van der Waals surface area (Å²) in [5.74, 6) is -0.475. The van der Waals surface area contributed by atoms with Gasteiger partial charge >= 0.3 is 0 Å². The van der Waals surface area contributed by atoms with Crippen molar-refractivity contribution in [1.29, 1.82) is 0 Å². The fourth-order valence-electron chi connectivity index (χ4n) is 2.31. The third-order valence-corrected chi connectivity index (χ3v) is 3.49. The van der Waals surface area contributed by atoms with Crippen LogP contribution in [0.15, 0.2) is 54.6 Å². The normalized spacial score (nSPS) is 11.9. The van der Waals surface area contributed by atoms with Gasteiger partial charge in [-0.05, 0) is 30.0 Å². The predicted octanol–water partition coefficient (Wildman–Crippen LogP) is 2.48. The molecule has 0 bridgehead atoms. The topological polar surface area (TPSA) is 49.3 Å². The smallest absolute Gasteiger partial charge is 0.220 e. The standard InChI is InChI=1S/C18H20FNO2/c19-17-9-5-4-8-15(17)10-11-18(22)20-16(13-21)12-14-6-2-1-3-7-14/h1-9,16,21H,10-13H2,(H,20,22). The zero-order valence-electron chi connectivity index (χ0n) is 12.3. The van der Waals surface area contributed by atoms with Crippen LogP contribution in [0.25, 0.3) is 0 Å². The molecule has 1 amide bonds. The van der Waals surface area contributed by atoms with Gasteiger partial charge in [0.25, 0.3) is 0 Å². The third-order valence-electron chi connectivity index (χ3n) is 3.49. The van der Waals surface area contributed by atoms with Crippen LogP contribution >= 0.6 is 0 Å². The average molecular weight is 301 g/mol. The van der Waals surface area contributed by atoms with Crippen LogP contribution in [0.2, 0.25) is 0 Å². The second-order valence-corrected chi connectivity index (χ2v) is 5.23. The SMILES string of the molecule is O=C(CCc1ccccc1F)NC(CO)Cc1ccccc1. The van der Waals surface area contributed by atoms with Crippen LogP contribution in [0.1, 0.15) is 17.5 Å². The quantitative estimate of drug-likeness (QED) is 0.825. The van der Waals surface area contributed by atoms with Crippen molar-refractivity contribution in [2.75, 3.05) is 6.61 Å². The molecule has 116 valence electrons. The van der Waals surface area contributed by atoms with E-state index in [1.165, 1.54) is 6.07 Å². The number of hydrogen-bond donors (Lipinski definition) is 2. The molecule has 2 N–H and O–H groups in total. The van der Waals surface area contributed by atoms with E-state index in [-0.39, 0.29) is 30.8 Å². The molecule has 0 aliphatic rings. The largest absolute Gasteiger partial charge is 0.394 e. The highest BCUT2D eigenvalue weighted by atomic mass is 19.1. The maximum absolute atomic E-state index is 13.5. The molecule has 2 aromatic rings. The lowest BCUT2D eigenvalue weighted by Gasteiger charge is -2.16. The number of benzene rings is 2. The summed E-state index contributed by atoms with van der Waals surface area (Å²) in [6.07, 6.45) is 1.12. The van der Waals surface area contributed by atoms with E-state index in [1.54, 1.807) is 18.2 Å². The molecule has 0 aliphatic heterocycles. The molecule has 0 saturated heterocycles. The molecule has 0 spiro atoms. The molecule has 1 unspecified atom stereocenters. The lowest BCUT2D eigenvalue weighted by Crippen LogP contribution is -2.39. The fraction of sp³-hybridized carbons (Fsp3) is 0.278. The van der Waals surface area contributed by atoms with Crippen LogP contribution in [0.5, 0.6) is 0 Å². The van der Waals surface area contributed by atoms with Gasteiger partial charge in [0, 0.05) is 6.42 Å². The molecule has 4 heteroatoms. The second kappa shape index (κ2) is 8.29. The number of aliphatic hydroxyl groups excluding tert-OH is 1. The number of amides is 1. The Bertz CT molecular complexity index is 601. The van der Waals surface area contributed by atoms with E-state index in [0.29, 0.717) is 18.4 Å². The van der Waals surface area contributed by atoms with Crippen molar-refractivity contribution < 1.29 is 14.3 Å². The van der Waals surface area contributed by atoms with Crippen molar-refractivity contribution in [3.05, 3.63) is 71.5 Å². The molecule has 2 aromatic carbocycles. The number of carbonyl (C=O) groups is 1. The first kappa shape index (κ1) is 16.2. The van der Waals surface area contributed by atoms with Crippen molar-refractivity contribution in [3.63, 3.8) is 0 Å². The number of nitrogens with one attached hydrogen (secondary N) is 1. The van der Waals surface area contributed by atoms with Gasteiger partial charge < -0.3 is 10.4 Å². The maximum atomic E-state index is 13.5. The Labute approximate surface area is 129 Å². The predicted molar refractivity (Wildman–Crippen MR) is 83.9 cm³/mol. The first-order valence-corrected chi connectivity index (χ1v) is 7.36. The zero-order chi connectivity index (χ0) is 15.8. The van der Waals surface area contributed by atoms with Crippen LogP contribution in [-0.2, 0) is 17.6 Å². The van der Waals surface area contributed by atoms with Gasteiger partial charge in [0.1, 0.15) is 5.82 Å². The van der Waals surface area contributed by atoms with E-state index in [2.05, 4.69) is 5.32 Å². The van der Waals surface area contributed by atoms with Gasteiger partial charge in [-0.25, -0.2) is 4.39 Å². The van der Waals surface area contributed by atoms with Gasteiger partial charge in [-0.3, -0.25) is 4.79 Å². The Morgan fingerprint density at radius 1 is 1.09 bits per heavy atom. The molecule has 0 fully saturated rings. The summed E-state index contributed by atoms with van der Waals surface area (Å²) >= 11 is 0. The van der Waals surface area contributed by atoms with Crippen LogP contribution in [0, 0.1) is 5.82 Å². The van der Waals surface area contributed by atoms with Crippen LogP contribution in [0.3, 0.4) is 0 Å². The summed E-state index contributed by atoms with van der Waals surface area (Å²) < 4.78 is 13.5. The van der Waals surface area contributed by atoms with Crippen LogP contribution in [0.4, 0.5) is 4.39 Å². The first-order valence-electron chi connectivity index (χ1n) is 7.36. The van der Waals surface area contributed by atoms with E-state index in [1.807, 2.05) is 30.3 Å². The fourth-order valence-corrected chi connectivity index (χ4v) is 2.31. The maximum Gasteiger partial charge on any atom is 0.220 e. The second-order valence-electron chi connectivity index (χ2n) is 5.23. The number of hydrogen-bond acceptors (Lipinski definition) is 2. The lowest BCUT2D eigenvalue weighted by atomic mass is 10.1. The van der Waals surface area contributed by atoms with Crippen molar-refractivity contribution in [2.24, 2.45) is 0 Å². The number of rotatable bonds is 7. The summed E-state index contributed by atoms with van der Waals surface area (Å²) in [5, 5.41) is 12.2. The molecular weight excluding hydrogens is 281 g/mol. The van der Waals surface area contributed by atoms with Crippen molar-refractivity contribution in [1.82, 2.24) is 5.32 Å². The summed E-state index contributed by atoms with van der Waals surface area (Å²) in [7, 11) is 0. The highest BCUT2D eigenvalue weighted by Crippen LogP contribution is 2.09. The Kier molecular flexibility index (Phi) is 6.10. The van der Waals surface area contributed by atoms with E-state index in [4.69, 9.17) is 0 Å². The Morgan fingerprint density at radius 2 is 1.77 bits per heavy atom. The van der Waals surface area contributed by atoms with E-state index in [9.17, 15) is 14.3 Å². The minimum atomic E-state index is -0.324. The Hall–Kier alpha value is -2.20. The lowest BCUT2D eigenvalue weighted by molar-refractivity contribution is -0.122. The molecule has 3 nitrogen and oxygen atoms in total. The van der Waals surface area contributed by atoms with Crippen molar-refractivity contribution in [3.8, 4) is 0 Å². The molecule has 0 aliphatic carbocycles. The molecule has 0 saturated carbocycles. The Balaban J connectivity index is 1.83. The first-order chi connectivity index (χ1) is 10.7. The van der Waals surface area contributed by atoms with Gasteiger partial charge in [-0.15, -0.1) is 0 Å². The molecule has 0 aromatic heterocycles. The molecule has 0 radical (unpaired) electrons. The molecule has 0 heterocycles. The highest BCUT2D eigenvalue weighted by molar-refractivity contribution is 5.76. The average Bonchev–Trinajstić information content (AvgIpc) is 2.54. The molecule has 22 heavy (non-hydrogen) atoms. The van der Waals surface area contributed by atoms with Crippen LogP contribution in [-0.4, -0.2) is 23.7 Å². The third kappa shape index (κ3) is 4.97. The zero-order valence-corrected chi connectivity index (χ0v) is 12.3. The van der Waals surface area contributed by atoms with Gasteiger partial charge in [0.15, 0.2) is 0 Å². The molecule has 2 rings (SSSR count). The summed E-state index contributed by atoms with van der Waals surface area (Å²) in [6.45, 7) is -0.125. The van der Waals surface area contributed by atoms with Gasteiger partial charge in [0.2, 0.25) is 5.91 Å². The molecule has 1 atom stereocenters. The van der Waals surface area contributed by atoms with Crippen LogP contribution < -0.4 is 5.32 Å². The van der Waals surface area contributed by atoms with E-state index in [0.717, 1.165) is 5.56 Å². The Morgan fingerprint density at radius 3 is 2.45 bits per heavy atom. The van der Waals surface area contributed by atoms with E-state index < -0.39 is 0 Å². The summed E-state index contributed by atoms with van der Waals surface area (Å²) in [6, 6.07) is 15.8. The summed E-state index contributed by atoms with van der Waals surface area (Å²) in [4.78, 5) is 11.9. The minimum absolute atomic E-state index is 0.125. The van der Waals surface area contributed by atoms with Gasteiger partial charge in [-0.1, -0.05) is 48.5 Å². The number of aliphatic hydroxyl groups is 1. The van der Waals surface area contributed by atoms with Gasteiger partial charge in [0.05, 0.1) is 12.6 Å². The van der Waals surface area contributed by atoms with Gasteiger partial charge in [-0.2, -0.15) is 0 Å². The molecular formula is C18H20FNO2. The monoisotopic (exact) mass is 301 g/mol. The minimum Gasteiger partial charge on any atom is -0.394 e. The number of carbonyl (C=O) groups excluding carboxylic acids is 1. The van der Waals surface area contributed by atoms with Crippen molar-refractivity contribution in [2.45, 2.75) is 25.3 Å². The number of halogens is 1. The highest BCUT2D eigenvalue weighted by Gasteiger charge is 2.12. The number of aryl methyl sites for hydroxylation is 1.